The van der Waals surface area contributed by atoms with Gasteiger partial charge in [-0.15, -0.1) is 0 Å². The van der Waals surface area contributed by atoms with Gasteiger partial charge in [0.15, 0.2) is 11.6 Å². The molecule has 26 heavy (non-hydrogen) atoms. The van der Waals surface area contributed by atoms with E-state index in [4.69, 9.17) is 0 Å². The van der Waals surface area contributed by atoms with Crippen LogP contribution >= 0.6 is 0 Å². The number of piperidine rings is 1. The van der Waals surface area contributed by atoms with Crippen molar-refractivity contribution in [3.05, 3.63) is 65.7 Å². The molecule has 2 aromatic rings. The number of ketones is 2. The van der Waals surface area contributed by atoms with E-state index in [1.807, 2.05) is 18.2 Å². The molecular weight excluding hydrogens is 350 g/mol. The summed E-state index contributed by atoms with van der Waals surface area (Å²) in [6, 6.07) is 15.2. The van der Waals surface area contributed by atoms with E-state index in [-0.39, 0.29) is 22.4 Å². The van der Waals surface area contributed by atoms with Gasteiger partial charge in [-0.25, -0.2) is 8.42 Å². The van der Waals surface area contributed by atoms with Crippen LogP contribution in [0.15, 0.2) is 59.5 Å². The average Bonchev–Trinajstić information content (AvgIpc) is 2.68. The predicted octanol–water partition coefficient (Wildman–Crippen LogP) is 3.17. The maximum Gasteiger partial charge on any atom is 0.243 e. The minimum Gasteiger partial charge on any atom is -0.295 e. The third-order valence-electron chi connectivity index (χ3n) is 4.76. The fourth-order valence-electron chi connectivity index (χ4n) is 3.22. The van der Waals surface area contributed by atoms with Crippen molar-refractivity contribution in [1.82, 2.24) is 4.31 Å². The molecule has 1 aliphatic rings. The Labute approximate surface area is 153 Å². The van der Waals surface area contributed by atoms with Crippen molar-refractivity contribution in [3.63, 3.8) is 0 Å². The maximum atomic E-state index is 12.8. The Morgan fingerprint density at radius 2 is 1.54 bits per heavy atom. The summed E-state index contributed by atoms with van der Waals surface area (Å²) in [6.07, 6.45) is 0.999. The van der Waals surface area contributed by atoms with Gasteiger partial charge in [-0.2, -0.15) is 4.31 Å². The van der Waals surface area contributed by atoms with Crippen molar-refractivity contribution in [2.24, 2.45) is 5.92 Å². The second kappa shape index (κ2) is 7.51. The first kappa shape index (κ1) is 18.5. The standard InChI is InChI=1S/C20H21NO4S/c1-15(22)18-8-5-9-19(14-18)26(24,25)21-12-10-17(11-13-21)20(23)16-6-3-2-4-7-16/h2-9,14,17H,10-13H2,1H3. The molecule has 1 heterocycles. The molecule has 6 heteroatoms. The number of benzene rings is 2. The highest BCUT2D eigenvalue weighted by atomic mass is 32.2. The molecule has 1 saturated heterocycles. The van der Waals surface area contributed by atoms with Gasteiger partial charge in [0.2, 0.25) is 10.0 Å². The zero-order valence-electron chi connectivity index (χ0n) is 14.6. The van der Waals surface area contributed by atoms with Crippen molar-refractivity contribution >= 4 is 21.6 Å². The van der Waals surface area contributed by atoms with Crippen LogP contribution < -0.4 is 0 Å². The van der Waals surface area contributed by atoms with Crippen LogP contribution in [0.2, 0.25) is 0 Å². The highest BCUT2D eigenvalue weighted by Crippen LogP contribution is 2.26. The van der Waals surface area contributed by atoms with Crippen molar-refractivity contribution in [2.75, 3.05) is 13.1 Å². The van der Waals surface area contributed by atoms with Crippen molar-refractivity contribution in [1.29, 1.82) is 0 Å². The SMILES string of the molecule is CC(=O)c1cccc(S(=O)(=O)N2CCC(C(=O)c3ccccc3)CC2)c1. The summed E-state index contributed by atoms with van der Waals surface area (Å²) in [5.74, 6) is -0.261. The average molecular weight is 371 g/mol. The summed E-state index contributed by atoms with van der Waals surface area (Å²) in [6.45, 7) is 2.01. The fourth-order valence-corrected chi connectivity index (χ4v) is 4.74. The van der Waals surface area contributed by atoms with Gasteiger partial charge in [0.25, 0.3) is 0 Å². The van der Waals surface area contributed by atoms with E-state index in [0.717, 1.165) is 0 Å². The molecule has 0 atom stereocenters. The number of sulfonamides is 1. The van der Waals surface area contributed by atoms with Crippen molar-refractivity contribution in [3.8, 4) is 0 Å². The molecule has 0 amide bonds. The summed E-state index contributed by atoms with van der Waals surface area (Å²) in [7, 11) is -3.66. The Morgan fingerprint density at radius 3 is 2.15 bits per heavy atom. The summed E-state index contributed by atoms with van der Waals surface area (Å²) in [4.78, 5) is 24.2. The minimum atomic E-state index is -3.66. The van der Waals surface area contributed by atoms with Crippen LogP contribution in [0.5, 0.6) is 0 Å². The van der Waals surface area contributed by atoms with Crippen molar-refractivity contribution in [2.45, 2.75) is 24.7 Å². The van der Waals surface area contributed by atoms with Gasteiger partial charge in [-0.1, -0.05) is 42.5 Å². The zero-order valence-corrected chi connectivity index (χ0v) is 15.4. The molecular formula is C20H21NO4S. The first-order chi connectivity index (χ1) is 12.4. The Balaban J connectivity index is 1.72. The van der Waals surface area contributed by atoms with Gasteiger partial charge in [0.05, 0.1) is 4.90 Å². The van der Waals surface area contributed by atoms with E-state index in [1.165, 1.54) is 23.4 Å². The Hall–Kier alpha value is -2.31. The largest absolute Gasteiger partial charge is 0.295 e. The summed E-state index contributed by atoms with van der Waals surface area (Å²) in [5, 5.41) is 0. The lowest BCUT2D eigenvalue weighted by Crippen LogP contribution is -2.40. The molecule has 0 spiro atoms. The summed E-state index contributed by atoms with van der Waals surface area (Å²) < 4.78 is 27.1. The van der Waals surface area contributed by atoms with E-state index in [0.29, 0.717) is 37.1 Å². The molecule has 0 saturated carbocycles. The molecule has 0 unspecified atom stereocenters. The first-order valence-electron chi connectivity index (χ1n) is 8.60. The summed E-state index contributed by atoms with van der Waals surface area (Å²) in [5.41, 5.74) is 1.04. The lowest BCUT2D eigenvalue weighted by atomic mass is 9.90. The molecule has 0 aromatic heterocycles. The first-order valence-corrected chi connectivity index (χ1v) is 10.0. The van der Waals surface area contributed by atoms with Gasteiger partial charge in [-0.3, -0.25) is 9.59 Å². The second-order valence-corrected chi connectivity index (χ2v) is 8.43. The zero-order chi connectivity index (χ0) is 18.7. The van der Waals surface area contributed by atoms with E-state index in [2.05, 4.69) is 0 Å². The van der Waals surface area contributed by atoms with Gasteiger partial charge >= 0.3 is 0 Å². The van der Waals surface area contributed by atoms with E-state index >= 15 is 0 Å². The second-order valence-electron chi connectivity index (χ2n) is 6.49. The molecule has 2 aromatic carbocycles. The third kappa shape index (κ3) is 3.76. The van der Waals surface area contributed by atoms with Gasteiger partial charge in [0.1, 0.15) is 0 Å². The van der Waals surface area contributed by atoms with Gasteiger partial charge < -0.3 is 0 Å². The third-order valence-corrected chi connectivity index (χ3v) is 6.66. The van der Waals surface area contributed by atoms with Crippen LogP contribution in [0, 0.1) is 5.92 Å². The molecule has 0 N–H and O–H groups in total. The molecule has 0 bridgehead atoms. The lowest BCUT2D eigenvalue weighted by molar-refractivity contribution is 0.0875. The van der Waals surface area contributed by atoms with Crippen LogP contribution in [-0.2, 0) is 10.0 Å². The lowest BCUT2D eigenvalue weighted by Gasteiger charge is -2.30. The highest BCUT2D eigenvalue weighted by molar-refractivity contribution is 7.89. The number of Topliss-reactive ketones (excluding diaryl/α,β-unsaturated/α-hetero) is 2. The maximum absolute atomic E-state index is 12.8. The van der Waals surface area contributed by atoms with Crippen LogP contribution in [0.3, 0.4) is 0 Å². The van der Waals surface area contributed by atoms with Gasteiger partial charge in [-0.05, 0) is 31.9 Å². The molecule has 1 fully saturated rings. The number of carbonyl (C=O) groups is 2. The summed E-state index contributed by atoms with van der Waals surface area (Å²) >= 11 is 0. The topological polar surface area (TPSA) is 71.5 Å². The van der Waals surface area contributed by atoms with Crippen molar-refractivity contribution < 1.29 is 18.0 Å². The molecule has 0 radical (unpaired) electrons. The van der Waals surface area contributed by atoms with Crippen LogP contribution in [-0.4, -0.2) is 37.4 Å². The van der Waals surface area contributed by atoms with Gasteiger partial charge in [0, 0.05) is 30.1 Å². The molecule has 0 aliphatic carbocycles. The molecule has 1 aliphatic heterocycles. The van der Waals surface area contributed by atoms with E-state index in [1.54, 1.807) is 24.3 Å². The normalized spacial score (nSPS) is 16.3. The Morgan fingerprint density at radius 1 is 0.923 bits per heavy atom. The van der Waals surface area contributed by atoms with Crippen LogP contribution in [0.1, 0.15) is 40.5 Å². The Kier molecular flexibility index (Phi) is 5.34. The predicted molar refractivity (Wildman–Crippen MR) is 98.7 cm³/mol. The highest BCUT2D eigenvalue weighted by Gasteiger charge is 2.32. The molecule has 3 rings (SSSR count). The monoisotopic (exact) mass is 371 g/mol. The molecule has 136 valence electrons. The van der Waals surface area contributed by atoms with E-state index in [9.17, 15) is 18.0 Å². The number of nitrogens with zero attached hydrogens (tertiary/aromatic N) is 1. The van der Waals surface area contributed by atoms with Crippen LogP contribution in [0.25, 0.3) is 0 Å². The number of rotatable bonds is 5. The smallest absolute Gasteiger partial charge is 0.243 e. The number of hydrogen-bond donors (Lipinski definition) is 0. The fraction of sp³-hybridized carbons (Fsp3) is 0.300. The number of carbonyl (C=O) groups excluding carboxylic acids is 2. The number of hydrogen-bond acceptors (Lipinski definition) is 4. The molecule has 5 nitrogen and oxygen atoms in total. The van der Waals surface area contributed by atoms with Crippen LogP contribution in [0.4, 0.5) is 0 Å². The Bertz CT molecular complexity index is 914. The van der Waals surface area contributed by atoms with E-state index < -0.39 is 10.0 Å². The minimum absolute atomic E-state index is 0.0706. The quantitative estimate of drug-likeness (QED) is 0.757.